The van der Waals surface area contributed by atoms with Crippen LogP contribution in [-0.4, -0.2) is 46.8 Å². The maximum absolute atomic E-state index is 12.6. The standard InChI is InChI=1S/C25H27N3O5.Na.H/c1-15-7-4-5-9-18(15)11-17-8-6-10-19(12-17)20(13-21(29)30)26-25(33)27-22-23(31)16(2)14-28(3)24(22)32;;/h4-10,12,14,20,22H,11,13H2,1-3H3,(H,29,30)(H2,26,27,33);;/q;+1;-1. The summed E-state index contributed by atoms with van der Waals surface area (Å²) < 4.78 is 0. The molecule has 174 valence electrons. The molecule has 0 bridgehead atoms. The number of ketones is 1. The third-order valence-electron chi connectivity index (χ3n) is 5.60. The first-order chi connectivity index (χ1) is 15.7. The first-order valence-corrected chi connectivity index (χ1v) is 10.6. The molecule has 9 heteroatoms. The number of nitrogens with zero attached hydrogens (tertiary/aromatic N) is 1. The van der Waals surface area contributed by atoms with Crippen LogP contribution in [0.2, 0.25) is 0 Å². The van der Waals surface area contributed by atoms with Crippen LogP contribution in [0.5, 0.6) is 0 Å². The van der Waals surface area contributed by atoms with Crippen LogP contribution in [0, 0.1) is 6.92 Å². The van der Waals surface area contributed by atoms with Gasteiger partial charge in [0.05, 0.1) is 12.5 Å². The van der Waals surface area contributed by atoms with E-state index in [0.29, 0.717) is 17.6 Å². The zero-order chi connectivity index (χ0) is 24.1. The van der Waals surface area contributed by atoms with Gasteiger partial charge in [0.25, 0.3) is 5.91 Å². The maximum atomic E-state index is 12.6. The van der Waals surface area contributed by atoms with Gasteiger partial charge < -0.3 is 22.1 Å². The zero-order valence-electron chi connectivity index (χ0n) is 20.8. The number of carboxylic acid groups (broad SMARTS) is 1. The van der Waals surface area contributed by atoms with Crippen LogP contribution in [0.15, 0.2) is 60.3 Å². The summed E-state index contributed by atoms with van der Waals surface area (Å²) in [5.74, 6) is -2.15. The van der Waals surface area contributed by atoms with Crippen molar-refractivity contribution in [1.29, 1.82) is 0 Å². The molecule has 0 fully saturated rings. The van der Waals surface area contributed by atoms with E-state index in [-0.39, 0.29) is 37.4 Å². The average Bonchev–Trinajstić information content (AvgIpc) is 2.76. The molecule has 8 nitrogen and oxygen atoms in total. The molecule has 34 heavy (non-hydrogen) atoms. The second kappa shape index (κ2) is 12.0. The van der Waals surface area contributed by atoms with Crippen molar-refractivity contribution in [2.24, 2.45) is 0 Å². The van der Waals surface area contributed by atoms with Crippen LogP contribution in [-0.2, 0) is 20.8 Å². The van der Waals surface area contributed by atoms with Gasteiger partial charge in [-0.2, -0.15) is 0 Å². The van der Waals surface area contributed by atoms with E-state index < -0.39 is 35.8 Å². The minimum absolute atomic E-state index is 0. The number of rotatable bonds is 7. The number of likely N-dealkylation sites (N-methyl/N-ethyl adjacent to an activating group) is 1. The fraction of sp³-hybridized carbons (Fsp3) is 0.280. The molecule has 2 aromatic carbocycles. The van der Waals surface area contributed by atoms with Crippen molar-refractivity contribution < 1.29 is 55.3 Å². The van der Waals surface area contributed by atoms with Gasteiger partial charge in [0.2, 0.25) is 0 Å². The van der Waals surface area contributed by atoms with E-state index in [1.165, 1.54) is 18.1 Å². The summed E-state index contributed by atoms with van der Waals surface area (Å²) in [4.78, 5) is 50.0. The minimum Gasteiger partial charge on any atom is -1.00 e. The second-order valence-corrected chi connectivity index (χ2v) is 8.18. The van der Waals surface area contributed by atoms with Gasteiger partial charge in [-0.1, -0.05) is 48.5 Å². The number of aryl methyl sites for hydroxylation is 1. The van der Waals surface area contributed by atoms with Crippen molar-refractivity contribution in [3.05, 3.63) is 82.6 Å². The van der Waals surface area contributed by atoms with E-state index in [2.05, 4.69) is 10.6 Å². The third-order valence-corrected chi connectivity index (χ3v) is 5.60. The van der Waals surface area contributed by atoms with E-state index in [0.717, 1.165) is 16.7 Å². The van der Waals surface area contributed by atoms with Crippen LogP contribution >= 0.6 is 0 Å². The van der Waals surface area contributed by atoms with Crippen LogP contribution in [0.3, 0.4) is 0 Å². The van der Waals surface area contributed by atoms with Crippen LogP contribution in [0.1, 0.15) is 43.1 Å². The van der Waals surface area contributed by atoms with Crippen LogP contribution in [0.25, 0.3) is 0 Å². The molecule has 0 aromatic heterocycles. The number of nitrogens with one attached hydrogen (secondary N) is 2. The number of hydrogen-bond donors (Lipinski definition) is 3. The summed E-state index contributed by atoms with van der Waals surface area (Å²) in [6.07, 6.45) is 1.72. The van der Waals surface area contributed by atoms with Crippen LogP contribution in [0.4, 0.5) is 4.79 Å². The first kappa shape index (κ1) is 27.3. The number of carboxylic acids is 1. The number of carbonyl (C=O) groups excluding carboxylic acids is 3. The quantitative estimate of drug-likeness (QED) is 0.382. The molecule has 1 aliphatic heterocycles. The average molecular weight is 474 g/mol. The van der Waals surface area contributed by atoms with Crippen molar-refractivity contribution in [2.45, 2.75) is 38.8 Å². The number of amides is 3. The molecule has 1 heterocycles. The number of benzene rings is 2. The maximum Gasteiger partial charge on any atom is 1.00 e. The molecular weight excluding hydrogens is 445 g/mol. The molecule has 0 spiro atoms. The Morgan fingerprint density at radius 2 is 1.82 bits per heavy atom. The van der Waals surface area contributed by atoms with Gasteiger partial charge in [-0.3, -0.25) is 14.4 Å². The van der Waals surface area contributed by atoms with Crippen LogP contribution < -0.4 is 40.2 Å². The summed E-state index contributed by atoms with van der Waals surface area (Å²) in [5.41, 5.74) is 4.23. The van der Waals surface area contributed by atoms with Gasteiger partial charge >= 0.3 is 41.6 Å². The van der Waals surface area contributed by atoms with E-state index in [4.69, 9.17) is 0 Å². The smallest absolute Gasteiger partial charge is 1.00 e. The predicted octanol–water partition coefficient (Wildman–Crippen LogP) is -0.169. The normalized spacial score (nSPS) is 16.3. The van der Waals surface area contributed by atoms with E-state index in [1.807, 2.05) is 49.4 Å². The summed E-state index contributed by atoms with van der Waals surface area (Å²) >= 11 is 0. The number of Topliss-reactive ketones (excluding diaryl/α,β-unsaturated/α-hetero) is 1. The van der Waals surface area contributed by atoms with Gasteiger partial charge in [0.15, 0.2) is 11.8 Å². The Hall–Kier alpha value is -2.94. The molecule has 2 unspecified atom stereocenters. The Bertz CT molecular complexity index is 1140. The van der Waals surface area contributed by atoms with E-state index in [1.54, 1.807) is 13.0 Å². The monoisotopic (exact) mass is 473 g/mol. The fourth-order valence-corrected chi connectivity index (χ4v) is 3.79. The fourth-order valence-electron chi connectivity index (χ4n) is 3.79. The van der Waals surface area contributed by atoms with Crippen molar-refractivity contribution in [3.63, 3.8) is 0 Å². The number of carbonyl (C=O) groups is 4. The third kappa shape index (κ3) is 6.79. The number of urea groups is 1. The molecule has 1 aliphatic rings. The Morgan fingerprint density at radius 3 is 2.50 bits per heavy atom. The van der Waals surface area contributed by atoms with E-state index in [9.17, 15) is 24.3 Å². The molecule has 2 aromatic rings. The van der Waals surface area contributed by atoms with Gasteiger partial charge in [-0.05, 0) is 42.5 Å². The van der Waals surface area contributed by atoms with Crippen molar-refractivity contribution in [1.82, 2.24) is 15.5 Å². The van der Waals surface area contributed by atoms with Gasteiger partial charge in [-0.15, -0.1) is 0 Å². The van der Waals surface area contributed by atoms with Gasteiger partial charge in [0, 0.05) is 18.8 Å². The van der Waals surface area contributed by atoms with Gasteiger partial charge in [0.1, 0.15) is 0 Å². The minimum atomic E-state index is -1.35. The first-order valence-electron chi connectivity index (χ1n) is 10.6. The molecule has 2 atom stereocenters. The zero-order valence-corrected chi connectivity index (χ0v) is 21.8. The molecular formula is C25H28N3NaO5. The topological polar surface area (TPSA) is 116 Å². The Kier molecular flexibility index (Phi) is 9.61. The van der Waals surface area contributed by atoms with E-state index >= 15 is 0 Å². The molecule has 3 N–H and O–H groups in total. The molecule has 0 aliphatic carbocycles. The Morgan fingerprint density at radius 1 is 1.12 bits per heavy atom. The summed E-state index contributed by atoms with van der Waals surface area (Å²) in [7, 11) is 1.50. The number of hydrogen-bond acceptors (Lipinski definition) is 4. The Labute approximate surface area is 222 Å². The summed E-state index contributed by atoms with van der Waals surface area (Å²) in [5, 5.41) is 14.4. The van der Waals surface area contributed by atoms with Crippen molar-refractivity contribution in [3.8, 4) is 0 Å². The summed E-state index contributed by atoms with van der Waals surface area (Å²) in [6.45, 7) is 3.59. The van der Waals surface area contributed by atoms with Crippen molar-refractivity contribution >= 4 is 23.7 Å². The predicted molar refractivity (Wildman–Crippen MR) is 124 cm³/mol. The molecule has 0 saturated carbocycles. The van der Waals surface area contributed by atoms with Gasteiger partial charge in [-0.25, -0.2) is 4.79 Å². The molecule has 0 saturated heterocycles. The number of aliphatic carboxylic acids is 1. The molecule has 3 amide bonds. The SMILES string of the molecule is CC1=CN(C)C(=O)C(NC(=O)NC(CC(=O)O)c2cccc(Cc3ccccc3C)c2)C1=O.[H-].[Na+]. The molecule has 3 rings (SSSR count). The largest absolute Gasteiger partial charge is 1.00 e. The summed E-state index contributed by atoms with van der Waals surface area (Å²) in [6, 6.07) is 12.4. The van der Waals surface area contributed by atoms with Crippen molar-refractivity contribution in [2.75, 3.05) is 7.05 Å². The molecule has 0 radical (unpaired) electrons. The second-order valence-electron chi connectivity index (χ2n) is 8.18. The Balaban J connectivity index is 0.00000306.